The van der Waals surface area contributed by atoms with Gasteiger partial charge in [-0.1, -0.05) is 30.3 Å². The number of nitrogens with one attached hydrogen (secondary N) is 1. The summed E-state index contributed by atoms with van der Waals surface area (Å²) in [5.41, 5.74) is 1.71. The van der Waals surface area contributed by atoms with Crippen molar-refractivity contribution in [2.24, 2.45) is 0 Å². The molecule has 0 bridgehead atoms. The lowest BCUT2D eigenvalue weighted by Gasteiger charge is -2.07. The highest BCUT2D eigenvalue weighted by molar-refractivity contribution is 7.91. The summed E-state index contributed by atoms with van der Waals surface area (Å²) in [5.74, 6) is -0.323. The number of carbonyl (C=O) groups excluding carboxylic acids is 1. The predicted octanol–water partition coefficient (Wildman–Crippen LogP) is 2.49. The minimum absolute atomic E-state index is 0.209. The Morgan fingerprint density at radius 1 is 0.929 bits per heavy atom. The van der Waals surface area contributed by atoms with Crippen LogP contribution in [0.4, 0.5) is 0 Å². The predicted molar refractivity (Wildman–Crippen MR) is 102 cm³/mol. The number of nitrogens with zero attached hydrogens (tertiary/aromatic N) is 3. The second-order valence-electron chi connectivity index (χ2n) is 6.09. The minimum atomic E-state index is -3.55. The van der Waals surface area contributed by atoms with Gasteiger partial charge in [0.25, 0.3) is 5.91 Å². The van der Waals surface area contributed by atoms with Crippen molar-refractivity contribution >= 4 is 21.4 Å². The quantitative estimate of drug-likeness (QED) is 0.563. The van der Waals surface area contributed by atoms with Gasteiger partial charge in [-0.05, 0) is 42.0 Å². The molecule has 0 fully saturated rings. The van der Waals surface area contributed by atoms with Crippen molar-refractivity contribution in [3.8, 4) is 0 Å². The van der Waals surface area contributed by atoms with E-state index in [-0.39, 0.29) is 27.9 Å². The van der Waals surface area contributed by atoms with E-state index < -0.39 is 9.84 Å². The third-order valence-corrected chi connectivity index (χ3v) is 6.01. The molecule has 8 heteroatoms. The number of carbonyl (C=O) groups is 1. The summed E-state index contributed by atoms with van der Waals surface area (Å²) in [7, 11) is -3.55. The van der Waals surface area contributed by atoms with Gasteiger partial charge in [-0.2, -0.15) is 5.10 Å². The van der Waals surface area contributed by atoms with Crippen molar-refractivity contribution in [3.05, 3.63) is 90.4 Å². The summed E-state index contributed by atoms with van der Waals surface area (Å²) in [6.07, 6.45) is 3.27. The second kappa shape index (κ2) is 7.24. The van der Waals surface area contributed by atoms with E-state index in [0.29, 0.717) is 5.65 Å². The van der Waals surface area contributed by atoms with Crippen LogP contribution in [-0.4, -0.2) is 28.9 Å². The van der Waals surface area contributed by atoms with Crippen molar-refractivity contribution in [1.29, 1.82) is 0 Å². The van der Waals surface area contributed by atoms with Gasteiger partial charge >= 0.3 is 0 Å². The molecule has 7 nitrogen and oxygen atoms in total. The third-order valence-electron chi connectivity index (χ3n) is 4.23. The van der Waals surface area contributed by atoms with Crippen molar-refractivity contribution in [2.45, 2.75) is 16.3 Å². The molecule has 28 heavy (non-hydrogen) atoms. The maximum Gasteiger partial charge on any atom is 0.272 e. The van der Waals surface area contributed by atoms with E-state index in [4.69, 9.17) is 0 Å². The molecule has 2 aromatic heterocycles. The highest BCUT2D eigenvalue weighted by Gasteiger charge is 2.17. The van der Waals surface area contributed by atoms with Gasteiger partial charge < -0.3 is 5.32 Å². The molecule has 1 amide bonds. The molecule has 0 aliphatic carbocycles. The van der Waals surface area contributed by atoms with Crippen LogP contribution in [0.5, 0.6) is 0 Å². The monoisotopic (exact) mass is 392 g/mol. The first-order chi connectivity index (χ1) is 13.5. The molecule has 2 heterocycles. The van der Waals surface area contributed by atoms with E-state index >= 15 is 0 Å². The Labute approximate surface area is 161 Å². The van der Waals surface area contributed by atoms with E-state index in [1.807, 2.05) is 0 Å². The van der Waals surface area contributed by atoms with Crippen LogP contribution in [0, 0.1) is 0 Å². The topological polar surface area (TPSA) is 93.4 Å². The van der Waals surface area contributed by atoms with Crippen molar-refractivity contribution in [3.63, 3.8) is 0 Å². The number of rotatable bonds is 5. The van der Waals surface area contributed by atoms with Crippen LogP contribution in [-0.2, 0) is 16.4 Å². The van der Waals surface area contributed by atoms with Crippen LogP contribution >= 0.6 is 0 Å². The molecular formula is C20H16N4O3S. The highest BCUT2D eigenvalue weighted by Crippen LogP contribution is 2.20. The Morgan fingerprint density at radius 3 is 2.39 bits per heavy atom. The van der Waals surface area contributed by atoms with E-state index in [2.05, 4.69) is 15.4 Å². The molecule has 0 spiro atoms. The van der Waals surface area contributed by atoms with Crippen molar-refractivity contribution < 1.29 is 13.2 Å². The summed E-state index contributed by atoms with van der Waals surface area (Å²) in [6.45, 7) is 0.258. The molecule has 0 saturated carbocycles. The van der Waals surface area contributed by atoms with Gasteiger partial charge in [0, 0.05) is 18.9 Å². The molecular weight excluding hydrogens is 376 g/mol. The largest absolute Gasteiger partial charge is 0.347 e. The number of aromatic nitrogens is 3. The number of benzene rings is 2. The fourth-order valence-electron chi connectivity index (χ4n) is 2.73. The van der Waals surface area contributed by atoms with Gasteiger partial charge in [-0.25, -0.2) is 17.9 Å². The van der Waals surface area contributed by atoms with Crippen LogP contribution < -0.4 is 5.32 Å². The van der Waals surface area contributed by atoms with Gasteiger partial charge in [-0.3, -0.25) is 4.79 Å². The van der Waals surface area contributed by atoms with Gasteiger partial charge in [0.1, 0.15) is 5.69 Å². The van der Waals surface area contributed by atoms with Crippen LogP contribution in [0.3, 0.4) is 0 Å². The number of fused-ring (bicyclic) bond motifs is 1. The summed E-state index contributed by atoms with van der Waals surface area (Å²) < 4.78 is 26.7. The van der Waals surface area contributed by atoms with Crippen LogP contribution in [0.15, 0.2) is 88.9 Å². The SMILES string of the molecule is O=C(NCc1ccc(S(=O)(=O)c2ccccc2)cc1)c1ccc2nccn2n1. The fraction of sp³-hybridized carbons (Fsp3) is 0.0500. The summed E-state index contributed by atoms with van der Waals surface area (Å²) in [5, 5.41) is 6.97. The third kappa shape index (κ3) is 3.49. The zero-order chi connectivity index (χ0) is 19.6. The first kappa shape index (κ1) is 17.9. The zero-order valence-corrected chi connectivity index (χ0v) is 15.5. The molecule has 1 N–H and O–H groups in total. The van der Waals surface area contributed by atoms with Crippen molar-refractivity contribution in [2.75, 3.05) is 0 Å². The normalized spacial score (nSPS) is 11.4. The number of sulfone groups is 1. The molecule has 4 rings (SSSR count). The van der Waals surface area contributed by atoms with Gasteiger partial charge in [-0.15, -0.1) is 0 Å². The molecule has 2 aromatic carbocycles. The number of imidazole rings is 1. The molecule has 4 aromatic rings. The molecule has 0 unspecified atom stereocenters. The van der Waals surface area contributed by atoms with E-state index in [9.17, 15) is 13.2 Å². The van der Waals surface area contributed by atoms with Crippen molar-refractivity contribution in [1.82, 2.24) is 19.9 Å². The number of hydrogen-bond donors (Lipinski definition) is 1. The molecule has 0 aliphatic rings. The van der Waals surface area contributed by atoms with E-state index in [1.165, 1.54) is 4.52 Å². The first-order valence-electron chi connectivity index (χ1n) is 8.52. The maximum atomic E-state index is 12.6. The first-order valence-corrected chi connectivity index (χ1v) is 10.00. The van der Waals surface area contributed by atoms with Gasteiger partial charge in [0.15, 0.2) is 5.65 Å². The number of amides is 1. The van der Waals surface area contributed by atoms with Gasteiger partial charge in [0.05, 0.1) is 9.79 Å². The molecule has 0 radical (unpaired) electrons. The Bertz CT molecular complexity index is 1230. The zero-order valence-electron chi connectivity index (χ0n) is 14.7. The molecule has 0 saturated heterocycles. The minimum Gasteiger partial charge on any atom is -0.347 e. The standard InChI is InChI=1S/C20H16N4O3S/c25-20(18-10-11-19-21-12-13-24(19)23-18)22-14-15-6-8-17(9-7-15)28(26,27)16-4-2-1-3-5-16/h1-13H,14H2,(H,22,25). The van der Waals surface area contributed by atoms with E-state index in [1.54, 1.807) is 79.1 Å². The van der Waals surface area contributed by atoms with Crippen LogP contribution in [0.25, 0.3) is 5.65 Å². The Kier molecular flexibility index (Phi) is 4.62. The molecule has 0 aliphatic heterocycles. The lowest BCUT2D eigenvalue weighted by Crippen LogP contribution is -2.24. The fourth-order valence-corrected chi connectivity index (χ4v) is 4.01. The van der Waals surface area contributed by atoms with E-state index in [0.717, 1.165) is 5.56 Å². The Hall–Kier alpha value is -3.52. The average molecular weight is 392 g/mol. The van der Waals surface area contributed by atoms with Crippen LogP contribution in [0.2, 0.25) is 0 Å². The van der Waals surface area contributed by atoms with Crippen LogP contribution in [0.1, 0.15) is 16.1 Å². The average Bonchev–Trinajstić information content (AvgIpc) is 3.21. The second-order valence-corrected chi connectivity index (χ2v) is 8.04. The lowest BCUT2D eigenvalue weighted by atomic mass is 10.2. The lowest BCUT2D eigenvalue weighted by molar-refractivity contribution is 0.0944. The molecule has 0 atom stereocenters. The maximum absolute atomic E-state index is 12.6. The molecule has 140 valence electrons. The Morgan fingerprint density at radius 2 is 1.64 bits per heavy atom. The van der Waals surface area contributed by atoms with Gasteiger partial charge in [0.2, 0.25) is 9.84 Å². The number of hydrogen-bond acceptors (Lipinski definition) is 5. The summed E-state index contributed by atoms with van der Waals surface area (Å²) in [4.78, 5) is 16.8. The Balaban J connectivity index is 1.45. The smallest absolute Gasteiger partial charge is 0.272 e. The summed E-state index contributed by atoms with van der Waals surface area (Å²) >= 11 is 0. The highest BCUT2D eigenvalue weighted by atomic mass is 32.2. The summed E-state index contributed by atoms with van der Waals surface area (Å²) in [6, 6.07) is 18.0.